The fourth-order valence-corrected chi connectivity index (χ4v) is 2.38. The Kier molecular flexibility index (Phi) is 3.70. The first kappa shape index (κ1) is 13.8. The van der Waals surface area contributed by atoms with Crippen LogP contribution < -0.4 is 0 Å². The Labute approximate surface area is 123 Å². The van der Waals surface area contributed by atoms with Crippen LogP contribution in [0.2, 0.25) is 0 Å². The first-order chi connectivity index (χ1) is 10.1. The molecular formula is C15H18N4O2. The molecule has 0 saturated carbocycles. The SMILES string of the molecule is C[C@@H]1CN(C(=O)c2cnn(-c3ccccc3)n2)[C@@H](C)CO1. The molecule has 3 rings (SSSR count). The number of para-hydroxylation sites is 1. The van der Waals surface area contributed by atoms with Crippen LogP contribution in [0, 0.1) is 0 Å². The normalized spacial score (nSPS) is 22.3. The van der Waals surface area contributed by atoms with Crippen LogP contribution in [0.25, 0.3) is 5.69 Å². The molecule has 1 amide bonds. The highest BCUT2D eigenvalue weighted by atomic mass is 16.5. The zero-order chi connectivity index (χ0) is 14.8. The Morgan fingerprint density at radius 2 is 2.05 bits per heavy atom. The summed E-state index contributed by atoms with van der Waals surface area (Å²) in [4.78, 5) is 15.8. The minimum absolute atomic E-state index is 0.0503. The summed E-state index contributed by atoms with van der Waals surface area (Å²) in [5.74, 6) is -0.0974. The number of carbonyl (C=O) groups excluding carboxylic acids is 1. The number of amides is 1. The van der Waals surface area contributed by atoms with E-state index in [2.05, 4.69) is 10.2 Å². The molecule has 0 N–H and O–H groups in total. The fraction of sp³-hybridized carbons (Fsp3) is 0.400. The molecule has 1 aromatic heterocycles. The molecule has 1 aromatic carbocycles. The van der Waals surface area contributed by atoms with Gasteiger partial charge in [0, 0.05) is 6.54 Å². The van der Waals surface area contributed by atoms with E-state index in [1.54, 1.807) is 4.90 Å². The summed E-state index contributed by atoms with van der Waals surface area (Å²) in [6, 6.07) is 9.59. The van der Waals surface area contributed by atoms with Crippen molar-refractivity contribution < 1.29 is 9.53 Å². The summed E-state index contributed by atoms with van der Waals surface area (Å²) in [5, 5.41) is 8.46. The van der Waals surface area contributed by atoms with Crippen LogP contribution in [0.4, 0.5) is 0 Å². The number of carbonyl (C=O) groups is 1. The average molecular weight is 286 g/mol. The number of morpholine rings is 1. The van der Waals surface area contributed by atoms with Gasteiger partial charge in [-0.15, -0.1) is 5.10 Å². The highest BCUT2D eigenvalue weighted by molar-refractivity contribution is 5.92. The van der Waals surface area contributed by atoms with Gasteiger partial charge >= 0.3 is 0 Å². The van der Waals surface area contributed by atoms with Crippen LogP contribution in [0.3, 0.4) is 0 Å². The summed E-state index contributed by atoms with van der Waals surface area (Å²) in [7, 11) is 0. The van der Waals surface area contributed by atoms with E-state index in [1.807, 2.05) is 44.2 Å². The maximum Gasteiger partial charge on any atom is 0.276 e. The Hall–Kier alpha value is -2.21. The average Bonchev–Trinajstić information content (AvgIpc) is 3.00. The maximum atomic E-state index is 12.6. The van der Waals surface area contributed by atoms with Gasteiger partial charge in [0.1, 0.15) is 0 Å². The van der Waals surface area contributed by atoms with Crippen molar-refractivity contribution in [2.24, 2.45) is 0 Å². The Morgan fingerprint density at radius 1 is 1.29 bits per heavy atom. The molecule has 0 spiro atoms. The predicted octanol–water partition coefficient (Wildman–Crippen LogP) is 1.52. The molecule has 6 heteroatoms. The zero-order valence-corrected chi connectivity index (χ0v) is 12.1. The number of benzene rings is 1. The van der Waals surface area contributed by atoms with Crippen LogP contribution in [-0.4, -0.2) is 51.1 Å². The second-order valence-corrected chi connectivity index (χ2v) is 5.31. The molecular weight excluding hydrogens is 268 g/mol. The number of hydrogen-bond acceptors (Lipinski definition) is 4. The quantitative estimate of drug-likeness (QED) is 0.839. The Morgan fingerprint density at radius 3 is 2.81 bits per heavy atom. The van der Waals surface area contributed by atoms with Gasteiger partial charge in [-0.1, -0.05) is 18.2 Å². The molecule has 21 heavy (non-hydrogen) atoms. The van der Waals surface area contributed by atoms with Gasteiger partial charge in [-0.25, -0.2) is 0 Å². The lowest BCUT2D eigenvalue weighted by Crippen LogP contribution is -2.50. The van der Waals surface area contributed by atoms with Gasteiger partial charge in [0.25, 0.3) is 5.91 Å². The lowest BCUT2D eigenvalue weighted by atomic mass is 10.2. The molecule has 0 radical (unpaired) electrons. The van der Waals surface area contributed by atoms with Gasteiger partial charge < -0.3 is 9.64 Å². The third kappa shape index (κ3) is 2.80. The Balaban J connectivity index is 1.81. The molecule has 1 saturated heterocycles. The molecule has 2 heterocycles. The van der Waals surface area contributed by atoms with Crippen molar-refractivity contribution in [2.45, 2.75) is 26.0 Å². The second-order valence-electron chi connectivity index (χ2n) is 5.31. The molecule has 6 nitrogen and oxygen atoms in total. The van der Waals surface area contributed by atoms with Crippen molar-refractivity contribution in [3.8, 4) is 5.69 Å². The van der Waals surface area contributed by atoms with Crippen LogP contribution in [0.1, 0.15) is 24.3 Å². The molecule has 0 aliphatic carbocycles. The summed E-state index contributed by atoms with van der Waals surface area (Å²) in [6.45, 7) is 5.08. The summed E-state index contributed by atoms with van der Waals surface area (Å²) < 4.78 is 5.55. The summed E-state index contributed by atoms with van der Waals surface area (Å²) >= 11 is 0. The molecule has 1 aliphatic rings. The van der Waals surface area contributed by atoms with Gasteiger partial charge in [0.15, 0.2) is 5.69 Å². The van der Waals surface area contributed by atoms with Crippen LogP contribution in [-0.2, 0) is 4.74 Å². The van der Waals surface area contributed by atoms with E-state index in [1.165, 1.54) is 11.0 Å². The van der Waals surface area contributed by atoms with E-state index >= 15 is 0 Å². The van der Waals surface area contributed by atoms with Crippen molar-refractivity contribution in [1.82, 2.24) is 19.9 Å². The fourth-order valence-electron chi connectivity index (χ4n) is 2.38. The first-order valence-electron chi connectivity index (χ1n) is 7.05. The number of rotatable bonds is 2. The molecule has 2 aromatic rings. The molecule has 110 valence electrons. The van der Waals surface area contributed by atoms with E-state index in [0.717, 1.165) is 5.69 Å². The molecule has 2 atom stereocenters. The smallest absolute Gasteiger partial charge is 0.276 e. The number of hydrogen-bond donors (Lipinski definition) is 0. The Bertz CT molecular complexity index is 626. The van der Waals surface area contributed by atoms with E-state index in [0.29, 0.717) is 18.8 Å². The third-order valence-corrected chi connectivity index (χ3v) is 3.57. The maximum absolute atomic E-state index is 12.6. The van der Waals surface area contributed by atoms with Crippen molar-refractivity contribution >= 4 is 5.91 Å². The minimum atomic E-state index is -0.0974. The largest absolute Gasteiger partial charge is 0.375 e. The number of ether oxygens (including phenoxy) is 1. The standard InChI is InChI=1S/C15H18N4O2/c1-11-10-21-12(2)9-18(11)15(20)14-8-16-19(17-14)13-6-4-3-5-7-13/h3-8,11-12H,9-10H2,1-2H3/t11-,12+/m0/s1. The molecule has 0 unspecified atom stereocenters. The third-order valence-electron chi connectivity index (χ3n) is 3.57. The van der Waals surface area contributed by atoms with Crippen molar-refractivity contribution in [3.05, 3.63) is 42.2 Å². The van der Waals surface area contributed by atoms with Gasteiger partial charge in [-0.2, -0.15) is 9.90 Å². The monoisotopic (exact) mass is 286 g/mol. The van der Waals surface area contributed by atoms with Crippen LogP contribution in [0.15, 0.2) is 36.5 Å². The topological polar surface area (TPSA) is 60.2 Å². The van der Waals surface area contributed by atoms with Gasteiger partial charge in [-0.05, 0) is 26.0 Å². The zero-order valence-electron chi connectivity index (χ0n) is 12.1. The van der Waals surface area contributed by atoms with E-state index in [-0.39, 0.29) is 18.1 Å². The van der Waals surface area contributed by atoms with Crippen LogP contribution in [0.5, 0.6) is 0 Å². The van der Waals surface area contributed by atoms with E-state index in [4.69, 9.17) is 4.74 Å². The molecule has 1 fully saturated rings. The van der Waals surface area contributed by atoms with Gasteiger partial charge in [0.05, 0.1) is 30.6 Å². The van der Waals surface area contributed by atoms with Gasteiger partial charge in [-0.3, -0.25) is 4.79 Å². The minimum Gasteiger partial charge on any atom is -0.375 e. The van der Waals surface area contributed by atoms with Gasteiger partial charge in [0.2, 0.25) is 0 Å². The summed E-state index contributed by atoms with van der Waals surface area (Å²) in [5.41, 5.74) is 1.19. The second kappa shape index (κ2) is 5.65. The summed E-state index contributed by atoms with van der Waals surface area (Å²) in [6.07, 6.45) is 1.57. The highest BCUT2D eigenvalue weighted by Crippen LogP contribution is 2.14. The van der Waals surface area contributed by atoms with E-state index in [9.17, 15) is 4.79 Å². The molecule has 1 aliphatic heterocycles. The lowest BCUT2D eigenvalue weighted by molar-refractivity contribution is -0.0389. The van der Waals surface area contributed by atoms with Crippen molar-refractivity contribution in [3.63, 3.8) is 0 Å². The number of nitrogens with zero attached hydrogens (tertiary/aromatic N) is 4. The van der Waals surface area contributed by atoms with Crippen molar-refractivity contribution in [1.29, 1.82) is 0 Å². The van der Waals surface area contributed by atoms with Crippen molar-refractivity contribution in [2.75, 3.05) is 13.2 Å². The lowest BCUT2D eigenvalue weighted by Gasteiger charge is -2.36. The highest BCUT2D eigenvalue weighted by Gasteiger charge is 2.29. The van der Waals surface area contributed by atoms with Crippen LogP contribution >= 0.6 is 0 Å². The number of aromatic nitrogens is 3. The first-order valence-corrected chi connectivity index (χ1v) is 7.05. The molecule has 0 bridgehead atoms. The predicted molar refractivity (Wildman–Crippen MR) is 77.3 cm³/mol. The van der Waals surface area contributed by atoms with E-state index < -0.39 is 0 Å².